The van der Waals surface area contributed by atoms with E-state index in [0.717, 1.165) is 0 Å². The molecule has 0 saturated carbocycles. The van der Waals surface area contributed by atoms with Gasteiger partial charge >= 0.3 is 0 Å². The second-order valence-electron chi connectivity index (χ2n) is 5.96. The second-order valence-corrected chi connectivity index (χ2v) is 7.96. The second kappa shape index (κ2) is 6.93. The Morgan fingerprint density at radius 1 is 1.22 bits per heavy atom. The lowest BCUT2D eigenvalue weighted by atomic mass is 10.1. The third-order valence-electron chi connectivity index (χ3n) is 4.10. The molecule has 1 atom stereocenters. The highest BCUT2D eigenvalue weighted by Crippen LogP contribution is 2.29. The number of amides is 1. The van der Waals surface area contributed by atoms with Crippen LogP contribution in [-0.4, -0.2) is 44.6 Å². The van der Waals surface area contributed by atoms with Gasteiger partial charge in [0.05, 0.1) is 11.4 Å². The highest BCUT2D eigenvalue weighted by atomic mass is 35.5. The van der Waals surface area contributed by atoms with Crippen molar-refractivity contribution in [2.45, 2.75) is 10.6 Å². The molecule has 142 valence electrons. The van der Waals surface area contributed by atoms with Crippen LogP contribution in [0.2, 0.25) is 5.02 Å². The number of benzene rings is 2. The number of carbonyl (C=O) groups is 1. The molecule has 1 heterocycles. The molecule has 1 aliphatic heterocycles. The number of likely N-dealkylation sites (N-methyl/N-ethyl adjacent to an activating group) is 1. The molecule has 0 bridgehead atoms. The summed E-state index contributed by atoms with van der Waals surface area (Å²) in [7, 11) is -2.43. The van der Waals surface area contributed by atoms with Crippen molar-refractivity contribution in [1.29, 1.82) is 0 Å². The summed E-state index contributed by atoms with van der Waals surface area (Å²) in [6.45, 7) is -0.140. The highest BCUT2D eigenvalue weighted by molar-refractivity contribution is 7.89. The number of halogens is 1. The third-order valence-corrected chi connectivity index (χ3v) is 5.28. The van der Waals surface area contributed by atoms with Gasteiger partial charge in [-0.15, -0.1) is 0 Å². The first-order valence-electron chi connectivity index (χ1n) is 7.85. The largest absolute Gasteiger partial charge is 0.360 e. The number of nitrogens with zero attached hydrogens (tertiary/aromatic N) is 2. The smallest absolute Gasteiger partial charge is 0.276 e. The number of rotatable bonds is 4. The summed E-state index contributed by atoms with van der Waals surface area (Å²) in [4.78, 5) is 17.9. The molecule has 0 fully saturated rings. The van der Waals surface area contributed by atoms with Gasteiger partial charge in [0.25, 0.3) is 11.6 Å². The number of carbonyl (C=O) groups excluding carboxylic acids is 1. The van der Waals surface area contributed by atoms with E-state index in [1.807, 2.05) is 0 Å². The van der Waals surface area contributed by atoms with E-state index in [1.54, 1.807) is 29.2 Å². The van der Waals surface area contributed by atoms with Crippen LogP contribution in [0.5, 0.6) is 0 Å². The maximum absolute atomic E-state index is 12.1. The van der Waals surface area contributed by atoms with Gasteiger partial charge in [-0.3, -0.25) is 4.79 Å². The maximum Gasteiger partial charge on any atom is 0.276 e. The molecule has 0 aliphatic carbocycles. The van der Waals surface area contributed by atoms with E-state index in [1.165, 1.54) is 31.3 Å². The Hall–Kier alpha value is -2.46. The summed E-state index contributed by atoms with van der Waals surface area (Å²) in [6, 6.07) is 12.5. The van der Waals surface area contributed by atoms with Crippen molar-refractivity contribution in [3.63, 3.8) is 0 Å². The van der Waals surface area contributed by atoms with Crippen LogP contribution in [0, 0.1) is 0 Å². The van der Waals surface area contributed by atoms with Crippen LogP contribution in [0.15, 0.2) is 58.4 Å². The van der Waals surface area contributed by atoms with Crippen LogP contribution >= 0.6 is 11.6 Å². The Labute approximate surface area is 161 Å². The topological polar surface area (TPSA) is 125 Å². The Balaban J connectivity index is 2.06. The SMILES string of the molecule is CNC(=O)C1(O)CN(c2ccc(S(N)(=O)=O)cc2)C(c2ccc(Cl)cc2)=N1. The Morgan fingerprint density at radius 2 is 1.81 bits per heavy atom. The van der Waals surface area contributed by atoms with E-state index in [-0.39, 0.29) is 11.4 Å². The number of β-amino-alcohol motifs (C(OH)–C–C–N with tert-alkyl or cyclic N) is 1. The van der Waals surface area contributed by atoms with E-state index < -0.39 is 21.7 Å². The molecule has 3 rings (SSSR count). The molecule has 0 spiro atoms. The molecule has 0 aromatic heterocycles. The zero-order chi connectivity index (χ0) is 19.8. The Kier molecular flexibility index (Phi) is 4.96. The normalized spacial score (nSPS) is 19.7. The molecule has 4 N–H and O–H groups in total. The molecule has 27 heavy (non-hydrogen) atoms. The minimum atomic E-state index is -3.83. The number of primary sulfonamides is 1. The first-order chi connectivity index (χ1) is 12.6. The van der Waals surface area contributed by atoms with Gasteiger partial charge in [-0.2, -0.15) is 0 Å². The quantitative estimate of drug-likeness (QED) is 0.686. The monoisotopic (exact) mass is 408 g/mol. The molecule has 2 aromatic rings. The van der Waals surface area contributed by atoms with Crippen molar-refractivity contribution in [3.05, 3.63) is 59.1 Å². The number of aliphatic imine (C=N–C) groups is 1. The van der Waals surface area contributed by atoms with Crippen molar-refractivity contribution in [2.24, 2.45) is 10.1 Å². The average molecular weight is 409 g/mol. The minimum absolute atomic E-state index is 0.0445. The van der Waals surface area contributed by atoms with E-state index in [9.17, 15) is 18.3 Å². The molecule has 1 unspecified atom stereocenters. The average Bonchev–Trinajstić information content (AvgIpc) is 3.00. The maximum atomic E-state index is 12.1. The van der Waals surface area contributed by atoms with Gasteiger partial charge in [-0.05, 0) is 48.5 Å². The van der Waals surface area contributed by atoms with Crippen LogP contribution < -0.4 is 15.4 Å². The zero-order valence-corrected chi connectivity index (χ0v) is 15.8. The van der Waals surface area contributed by atoms with Gasteiger partial charge in [0, 0.05) is 23.3 Å². The Morgan fingerprint density at radius 3 is 2.33 bits per heavy atom. The summed E-state index contributed by atoms with van der Waals surface area (Å²) in [5.74, 6) is -0.307. The summed E-state index contributed by atoms with van der Waals surface area (Å²) >= 11 is 5.93. The lowest BCUT2D eigenvalue weighted by molar-refractivity contribution is -0.136. The number of amidine groups is 1. The molecular weight excluding hydrogens is 392 g/mol. The number of aliphatic hydroxyl groups is 1. The predicted octanol–water partition coefficient (Wildman–Crippen LogP) is 0.689. The number of nitrogens with one attached hydrogen (secondary N) is 1. The van der Waals surface area contributed by atoms with Crippen molar-refractivity contribution in [3.8, 4) is 0 Å². The van der Waals surface area contributed by atoms with Crippen LogP contribution in [0.3, 0.4) is 0 Å². The van der Waals surface area contributed by atoms with Crippen molar-refractivity contribution < 1.29 is 18.3 Å². The fourth-order valence-corrected chi connectivity index (χ4v) is 3.38. The van der Waals surface area contributed by atoms with Gasteiger partial charge in [-0.25, -0.2) is 18.5 Å². The van der Waals surface area contributed by atoms with Crippen LogP contribution in [0.4, 0.5) is 5.69 Å². The van der Waals surface area contributed by atoms with Crippen LogP contribution in [-0.2, 0) is 14.8 Å². The summed E-state index contributed by atoms with van der Waals surface area (Å²) in [5.41, 5.74) is -0.812. The lowest BCUT2D eigenvalue weighted by Gasteiger charge is -2.23. The highest BCUT2D eigenvalue weighted by Gasteiger charge is 2.44. The number of hydrogen-bond donors (Lipinski definition) is 3. The first-order valence-corrected chi connectivity index (χ1v) is 9.77. The van der Waals surface area contributed by atoms with E-state index >= 15 is 0 Å². The first kappa shape index (κ1) is 19.3. The van der Waals surface area contributed by atoms with Gasteiger partial charge in [0.15, 0.2) is 0 Å². The van der Waals surface area contributed by atoms with Gasteiger partial charge in [-0.1, -0.05) is 11.6 Å². The fraction of sp³-hybridized carbons (Fsp3) is 0.176. The van der Waals surface area contributed by atoms with Crippen molar-refractivity contribution >= 4 is 39.1 Å². The molecule has 1 aliphatic rings. The number of sulfonamides is 1. The Bertz CT molecular complexity index is 1010. The molecular formula is C17H17ClN4O4S. The van der Waals surface area contributed by atoms with Crippen molar-refractivity contribution in [1.82, 2.24) is 5.32 Å². The van der Waals surface area contributed by atoms with Crippen molar-refractivity contribution in [2.75, 3.05) is 18.5 Å². The van der Waals surface area contributed by atoms with Gasteiger partial charge < -0.3 is 15.3 Å². The fourth-order valence-electron chi connectivity index (χ4n) is 2.74. The number of hydrogen-bond acceptors (Lipinski definition) is 6. The number of nitrogens with two attached hydrogens (primary N) is 1. The third kappa shape index (κ3) is 3.81. The molecule has 0 radical (unpaired) electrons. The minimum Gasteiger partial charge on any atom is -0.360 e. The standard InChI is InChI=1S/C17H17ClN4O4S/c1-20-16(23)17(24)10-22(13-6-8-14(9-7-13)27(19,25)26)15(21-17)11-2-4-12(18)5-3-11/h2-9,24H,10H2,1H3,(H,20,23)(H2,19,25,26). The van der Waals surface area contributed by atoms with E-state index in [4.69, 9.17) is 16.7 Å². The summed E-state index contributed by atoms with van der Waals surface area (Å²) in [5, 5.41) is 18.7. The number of anilines is 1. The predicted molar refractivity (Wildman–Crippen MR) is 102 cm³/mol. The summed E-state index contributed by atoms with van der Waals surface area (Å²) in [6.07, 6.45) is 0. The lowest BCUT2D eigenvalue weighted by Crippen LogP contribution is -2.48. The van der Waals surface area contributed by atoms with Crippen LogP contribution in [0.1, 0.15) is 5.56 Å². The summed E-state index contributed by atoms with van der Waals surface area (Å²) < 4.78 is 22.9. The molecule has 10 heteroatoms. The van der Waals surface area contributed by atoms with Gasteiger partial charge in [0.1, 0.15) is 5.84 Å². The van der Waals surface area contributed by atoms with E-state index in [2.05, 4.69) is 10.3 Å². The zero-order valence-electron chi connectivity index (χ0n) is 14.3. The molecule has 1 amide bonds. The van der Waals surface area contributed by atoms with Gasteiger partial charge in [0.2, 0.25) is 10.0 Å². The van der Waals surface area contributed by atoms with E-state index in [0.29, 0.717) is 22.1 Å². The van der Waals surface area contributed by atoms with Crippen LogP contribution in [0.25, 0.3) is 0 Å². The molecule has 0 saturated heterocycles. The molecule has 8 nitrogen and oxygen atoms in total. The molecule has 2 aromatic carbocycles.